The van der Waals surface area contributed by atoms with E-state index in [0.717, 1.165) is 6.42 Å². The Hall–Kier alpha value is -0.530. The number of nitrogens with one attached hydrogen (secondary N) is 1. The van der Waals surface area contributed by atoms with Gasteiger partial charge in [-0.15, -0.1) is 0 Å². The van der Waals surface area contributed by atoms with Gasteiger partial charge in [-0.25, -0.2) is 0 Å². The maximum atomic E-state index is 10.9. The summed E-state index contributed by atoms with van der Waals surface area (Å²) in [6.45, 7) is 0. The molecule has 1 aliphatic rings. The smallest absolute Gasteiger partial charge is 0.220 e. The van der Waals surface area contributed by atoms with Crippen LogP contribution in [0.3, 0.4) is 0 Å². The molecule has 1 amide bonds. The summed E-state index contributed by atoms with van der Waals surface area (Å²) in [5.41, 5.74) is 0. The molecule has 0 aromatic heterocycles. The number of hydrogen-bond acceptors (Lipinski definition) is 1. The summed E-state index contributed by atoms with van der Waals surface area (Å²) >= 11 is 0. The zero-order valence-corrected chi connectivity index (χ0v) is 6.52. The lowest BCUT2D eigenvalue weighted by Gasteiger charge is -2.05. The van der Waals surface area contributed by atoms with Gasteiger partial charge in [-0.05, 0) is 18.8 Å². The van der Waals surface area contributed by atoms with Crippen LogP contribution >= 0.6 is 0 Å². The predicted octanol–water partition coefficient (Wildman–Crippen LogP) is 1.56. The van der Waals surface area contributed by atoms with E-state index in [1.54, 1.807) is 7.05 Å². The molecule has 10 heavy (non-hydrogen) atoms. The number of carbonyl (C=O) groups is 1. The summed E-state index contributed by atoms with van der Waals surface area (Å²) in [6, 6.07) is 0. The Bertz CT molecular complexity index is 121. The van der Waals surface area contributed by atoms with Crippen molar-refractivity contribution in [3.8, 4) is 0 Å². The molecule has 1 saturated carbocycles. The average molecular weight is 143 g/mol. The van der Waals surface area contributed by atoms with Crippen molar-refractivity contribution in [1.82, 2.24) is 5.32 Å². The molecule has 2 nitrogen and oxygen atoms in total. The maximum Gasteiger partial charge on any atom is 0.220 e. The molecule has 0 aromatic rings. The third kappa shape index (κ3) is 2.01. The summed E-state index contributed by atoms with van der Waals surface area (Å²) in [7, 11) is 1.71. The van der Waals surface area contributed by atoms with Crippen LogP contribution in [-0.2, 0) is 4.79 Å². The minimum Gasteiger partial charge on any atom is -0.359 e. The van der Waals surface area contributed by atoms with E-state index in [2.05, 4.69) is 5.32 Å². The SMILES string of the molecule is CNC(=O)CC1CCCC1.[HH]. The van der Waals surface area contributed by atoms with Crippen LogP contribution in [0.15, 0.2) is 0 Å². The Morgan fingerprint density at radius 1 is 1.60 bits per heavy atom. The van der Waals surface area contributed by atoms with Crippen molar-refractivity contribution in [3.05, 3.63) is 0 Å². The summed E-state index contributed by atoms with van der Waals surface area (Å²) in [4.78, 5) is 10.9. The quantitative estimate of drug-likeness (QED) is 0.624. The van der Waals surface area contributed by atoms with Crippen molar-refractivity contribution < 1.29 is 6.22 Å². The second-order valence-corrected chi connectivity index (χ2v) is 3.03. The number of hydrogen-bond donors (Lipinski definition) is 1. The van der Waals surface area contributed by atoms with Crippen LogP contribution in [-0.4, -0.2) is 13.0 Å². The highest BCUT2D eigenvalue weighted by Crippen LogP contribution is 2.27. The fourth-order valence-corrected chi connectivity index (χ4v) is 1.58. The molecular formula is C8H17NO. The van der Waals surface area contributed by atoms with Gasteiger partial charge < -0.3 is 5.32 Å². The van der Waals surface area contributed by atoms with E-state index in [9.17, 15) is 4.79 Å². The third-order valence-corrected chi connectivity index (χ3v) is 2.23. The Morgan fingerprint density at radius 3 is 2.70 bits per heavy atom. The Balaban J connectivity index is 0.000001000. The molecular weight excluding hydrogens is 126 g/mol. The fraction of sp³-hybridized carbons (Fsp3) is 0.875. The first-order valence-corrected chi connectivity index (χ1v) is 4.03. The van der Waals surface area contributed by atoms with Gasteiger partial charge >= 0.3 is 0 Å². The Kier molecular flexibility index (Phi) is 2.72. The molecule has 60 valence electrons. The predicted molar refractivity (Wildman–Crippen MR) is 42.8 cm³/mol. The molecule has 0 aliphatic heterocycles. The zero-order valence-electron chi connectivity index (χ0n) is 6.52. The molecule has 0 unspecified atom stereocenters. The van der Waals surface area contributed by atoms with Crippen LogP contribution in [0.5, 0.6) is 0 Å². The van der Waals surface area contributed by atoms with Gasteiger partial charge in [0.1, 0.15) is 0 Å². The summed E-state index contributed by atoms with van der Waals surface area (Å²) < 4.78 is 0. The maximum absolute atomic E-state index is 10.9. The highest BCUT2D eigenvalue weighted by atomic mass is 16.1. The van der Waals surface area contributed by atoms with Crippen LogP contribution in [0.25, 0.3) is 0 Å². The van der Waals surface area contributed by atoms with E-state index < -0.39 is 0 Å². The minimum atomic E-state index is 0. The van der Waals surface area contributed by atoms with E-state index in [-0.39, 0.29) is 7.33 Å². The minimum absolute atomic E-state index is 0. The van der Waals surface area contributed by atoms with E-state index in [4.69, 9.17) is 0 Å². The number of rotatable bonds is 2. The molecule has 1 rings (SSSR count). The Labute approximate surface area is 63.5 Å². The average Bonchev–Trinajstić information content (AvgIpc) is 2.40. The van der Waals surface area contributed by atoms with Crippen LogP contribution in [0.2, 0.25) is 0 Å². The molecule has 0 saturated heterocycles. The molecule has 0 spiro atoms. The highest BCUT2D eigenvalue weighted by Gasteiger charge is 2.17. The lowest BCUT2D eigenvalue weighted by molar-refractivity contribution is -0.121. The van der Waals surface area contributed by atoms with Gasteiger partial charge in [0.05, 0.1) is 0 Å². The van der Waals surface area contributed by atoms with Gasteiger partial charge in [-0.1, -0.05) is 12.8 Å². The molecule has 0 heterocycles. The van der Waals surface area contributed by atoms with Crippen LogP contribution in [0.4, 0.5) is 0 Å². The van der Waals surface area contributed by atoms with Gasteiger partial charge in [-0.3, -0.25) is 4.79 Å². The first kappa shape index (κ1) is 7.58. The fourth-order valence-electron chi connectivity index (χ4n) is 1.58. The molecule has 0 bridgehead atoms. The zero-order chi connectivity index (χ0) is 7.40. The van der Waals surface area contributed by atoms with Gasteiger partial charge in [-0.2, -0.15) is 0 Å². The van der Waals surface area contributed by atoms with Crippen molar-refractivity contribution in [2.45, 2.75) is 32.1 Å². The van der Waals surface area contributed by atoms with Crippen molar-refractivity contribution in [2.24, 2.45) is 5.92 Å². The van der Waals surface area contributed by atoms with Gasteiger partial charge in [0.15, 0.2) is 0 Å². The molecule has 2 heteroatoms. The normalized spacial score (nSPS) is 19.3. The lowest BCUT2D eigenvalue weighted by Crippen LogP contribution is -2.20. The standard InChI is InChI=1S/C8H15NO.H2/c1-9-8(10)6-7-4-2-3-5-7;/h7H,2-6H2,1H3,(H,9,10);1H. The van der Waals surface area contributed by atoms with E-state index in [0.29, 0.717) is 5.92 Å². The second-order valence-electron chi connectivity index (χ2n) is 3.03. The highest BCUT2D eigenvalue weighted by molar-refractivity contribution is 5.75. The van der Waals surface area contributed by atoms with Crippen molar-refractivity contribution >= 4 is 5.91 Å². The molecule has 1 fully saturated rings. The molecule has 0 radical (unpaired) electrons. The van der Waals surface area contributed by atoms with Crippen molar-refractivity contribution in [1.29, 1.82) is 0 Å². The molecule has 0 atom stereocenters. The topological polar surface area (TPSA) is 29.1 Å². The third-order valence-electron chi connectivity index (χ3n) is 2.23. The van der Waals surface area contributed by atoms with Crippen molar-refractivity contribution in [2.75, 3.05) is 7.05 Å². The first-order chi connectivity index (χ1) is 4.83. The molecule has 0 aromatic carbocycles. The van der Waals surface area contributed by atoms with Gasteiger partial charge in [0, 0.05) is 14.9 Å². The van der Waals surface area contributed by atoms with Crippen LogP contribution < -0.4 is 5.32 Å². The van der Waals surface area contributed by atoms with Gasteiger partial charge in [0.25, 0.3) is 0 Å². The van der Waals surface area contributed by atoms with Crippen LogP contribution in [0.1, 0.15) is 33.5 Å². The van der Waals surface area contributed by atoms with E-state index >= 15 is 0 Å². The van der Waals surface area contributed by atoms with E-state index in [1.807, 2.05) is 0 Å². The van der Waals surface area contributed by atoms with Crippen LogP contribution in [0, 0.1) is 5.92 Å². The summed E-state index contributed by atoms with van der Waals surface area (Å²) in [6.07, 6.45) is 5.90. The van der Waals surface area contributed by atoms with Crippen molar-refractivity contribution in [3.63, 3.8) is 0 Å². The number of amides is 1. The monoisotopic (exact) mass is 143 g/mol. The van der Waals surface area contributed by atoms with Gasteiger partial charge in [0.2, 0.25) is 5.91 Å². The lowest BCUT2D eigenvalue weighted by atomic mass is 10.0. The molecule has 1 aliphatic carbocycles. The summed E-state index contributed by atoms with van der Waals surface area (Å²) in [5, 5.41) is 2.65. The largest absolute Gasteiger partial charge is 0.359 e. The second kappa shape index (κ2) is 3.59. The first-order valence-electron chi connectivity index (χ1n) is 4.03. The van der Waals surface area contributed by atoms with E-state index in [1.165, 1.54) is 25.7 Å². The molecule has 1 N–H and O–H groups in total. The number of carbonyl (C=O) groups excluding carboxylic acids is 1. The Morgan fingerprint density at radius 2 is 2.20 bits per heavy atom. The summed E-state index contributed by atoms with van der Waals surface area (Å²) in [5.74, 6) is 0.881.